The minimum absolute atomic E-state index is 0.170. The molecule has 2 aromatic carbocycles. The summed E-state index contributed by atoms with van der Waals surface area (Å²) in [6.07, 6.45) is 7.06. The van der Waals surface area contributed by atoms with Crippen LogP contribution in [0.25, 0.3) is 21.9 Å². The molecule has 1 aliphatic heterocycles. The molecule has 0 atom stereocenters. The maximum Gasteiger partial charge on any atom is 0.414 e. The fourth-order valence-electron chi connectivity index (χ4n) is 4.44. The van der Waals surface area contributed by atoms with Crippen LogP contribution in [0.4, 0.5) is 4.39 Å². The maximum absolute atomic E-state index is 13.5. The fourth-order valence-corrected chi connectivity index (χ4v) is 4.44. The van der Waals surface area contributed by atoms with Gasteiger partial charge in [-0.3, -0.25) is 0 Å². The summed E-state index contributed by atoms with van der Waals surface area (Å²) in [5.41, 5.74) is 4.62. The molecule has 0 aliphatic carbocycles. The van der Waals surface area contributed by atoms with E-state index >= 15 is 0 Å². The van der Waals surface area contributed by atoms with Crippen molar-refractivity contribution < 1.29 is 28.6 Å². The lowest BCUT2D eigenvalue weighted by Gasteiger charge is -2.32. The standard InChI is InChI=1S/C23H23FN2O.C2H2O4/c24-19-4-5-22-21(14-19)18(15-25-22)8-12-26-10-6-16(7-11-26)20-3-1-2-17-9-13-27-23(17)20;3-1(4)2(5)6/h1-5,9,13-16,25H,6-8,10-12H2;(H,3,4)(H,5,6). The first kappa shape index (κ1) is 22.5. The van der Waals surface area contributed by atoms with Gasteiger partial charge in [-0.15, -0.1) is 0 Å². The highest BCUT2D eigenvalue weighted by Gasteiger charge is 2.23. The fraction of sp³-hybridized carbons (Fsp3) is 0.280. The molecule has 1 aliphatic rings. The predicted molar refractivity (Wildman–Crippen MR) is 122 cm³/mol. The van der Waals surface area contributed by atoms with Crippen molar-refractivity contribution in [3.05, 3.63) is 71.9 Å². The Labute approximate surface area is 189 Å². The van der Waals surface area contributed by atoms with Gasteiger partial charge in [-0.25, -0.2) is 14.0 Å². The van der Waals surface area contributed by atoms with Crippen molar-refractivity contribution >= 4 is 33.8 Å². The molecule has 1 saturated heterocycles. The van der Waals surface area contributed by atoms with E-state index in [1.165, 1.54) is 22.6 Å². The van der Waals surface area contributed by atoms with Crippen LogP contribution in [0.3, 0.4) is 0 Å². The number of aliphatic carboxylic acids is 2. The highest BCUT2D eigenvalue weighted by molar-refractivity contribution is 6.27. The molecule has 0 bridgehead atoms. The normalized spacial score (nSPS) is 14.8. The lowest BCUT2D eigenvalue weighted by Crippen LogP contribution is -2.34. The molecule has 172 valence electrons. The van der Waals surface area contributed by atoms with Crippen molar-refractivity contribution in [3.63, 3.8) is 0 Å². The largest absolute Gasteiger partial charge is 0.473 e. The number of carboxylic acids is 2. The quantitative estimate of drug-likeness (QED) is 0.390. The van der Waals surface area contributed by atoms with Crippen LogP contribution in [0.5, 0.6) is 0 Å². The van der Waals surface area contributed by atoms with Crippen molar-refractivity contribution in [3.8, 4) is 0 Å². The van der Waals surface area contributed by atoms with Gasteiger partial charge in [0.05, 0.1) is 6.26 Å². The zero-order valence-corrected chi connectivity index (χ0v) is 18.0. The first-order chi connectivity index (χ1) is 15.9. The third kappa shape index (κ3) is 5.23. The van der Waals surface area contributed by atoms with E-state index in [4.69, 9.17) is 24.2 Å². The van der Waals surface area contributed by atoms with Gasteiger partial charge in [0.1, 0.15) is 11.4 Å². The summed E-state index contributed by atoms with van der Waals surface area (Å²) >= 11 is 0. The van der Waals surface area contributed by atoms with Crippen LogP contribution in [0.1, 0.15) is 29.9 Å². The number of para-hydroxylation sites is 1. The van der Waals surface area contributed by atoms with Gasteiger partial charge >= 0.3 is 11.9 Å². The molecule has 4 aromatic rings. The smallest absolute Gasteiger partial charge is 0.414 e. The monoisotopic (exact) mass is 452 g/mol. The third-order valence-corrected chi connectivity index (χ3v) is 6.15. The number of carboxylic acid groups (broad SMARTS) is 2. The van der Waals surface area contributed by atoms with Crippen molar-refractivity contribution in [1.29, 1.82) is 0 Å². The van der Waals surface area contributed by atoms with Crippen LogP contribution in [-0.2, 0) is 16.0 Å². The number of hydrogen-bond acceptors (Lipinski definition) is 4. The molecule has 2 aromatic heterocycles. The highest BCUT2D eigenvalue weighted by Crippen LogP contribution is 2.33. The second-order valence-electron chi connectivity index (χ2n) is 8.17. The Morgan fingerprint density at radius 2 is 1.85 bits per heavy atom. The summed E-state index contributed by atoms with van der Waals surface area (Å²) in [6.45, 7) is 3.21. The number of piperidine rings is 1. The number of halogens is 1. The molecule has 3 heterocycles. The summed E-state index contributed by atoms with van der Waals surface area (Å²) in [6, 6.07) is 13.5. The van der Waals surface area contributed by atoms with Crippen molar-refractivity contribution in [2.75, 3.05) is 19.6 Å². The van der Waals surface area contributed by atoms with E-state index in [1.807, 2.05) is 18.3 Å². The van der Waals surface area contributed by atoms with Crippen LogP contribution in [-0.4, -0.2) is 51.7 Å². The number of benzene rings is 2. The Balaban J connectivity index is 0.000000385. The van der Waals surface area contributed by atoms with Crippen LogP contribution in [0.2, 0.25) is 0 Å². The van der Waals surface area contributed by atoms with Gasteiger partial charge < -0.3 is 24.5 Å². The van der Waals surface area contributed by atoms with Crippen LogP contribution in [0.15, 0.2) is 59.3 Å². The van der Waals surface area contributed by atoms with Gasteiger partial charge in [-0.1, -0.05) is 18.2 Å². The number of fused-ring (bicyclic) bond motifs is 2. The Bertz CT molecular complexity index is 1260. The van der Waals surface area contributed by atoms with Gasteiger partial charge in [0, 0.05) is 29.0 Å². The Hall–Kier alpha value is -3.65. The summed E-state index contributed by atoms with van der Waals surface area (Å²) in [7, 11) is 0. The van der Waals surface area contributed by atoms with Crippen LogP contribution in [0, 0.1) is 5.82 Å². The molecule has 0 radical (unpaired) electrons. The van der Waals surface area contributed by atoms with Gasteiger partial charge in [0.25, 0.3) is 0 Å². The SMILES string of the molecule is Fc1ccc2[nH]cc(CCN3CCC(c4cccc5ccoc45)CC3)c2c1.O=C(O)C(=O)O. The van der Waals surface area contributed by atoms with E-state index < -0.39 is 11.9 Å². The number of furan rings is 1. The molecule has 0 amide bonds. The highest BCUT2D eigenvalue weighted by atomic mass is 19.1. The third-order valence-electron chi connectivity index (χ3n) is 6.15. The first-order valence-corrected chi connectivity index (χ1v) is 10.8. The number of carbonyl (C=O) groups is 2. The number of likely N-dealkylation sites (tertiary alicyclic amines) is 1. The topological polar surface area (TPSA) is 107 Å². The molecular weight excluding hydrogens is 427 g/mol. The molecule has 0 spiro atoms. The van der Waals surface area contributed by atoms with E-state index in [1.54, 1.807) is 12.3 Å². The number of rotatable bonds is 4. The van der Waals surface area contributed by atoms with E-state index in [0.717, 1.165) is 55.4 Å². The molecule has 8 heteroatoms. The van der Waals surface area contributed by atoms with E-state index in [0.29, 0.717) is 5.92 Å². The predicted octanol–water partition coefficient (Wildman–Crippen LogP) is 4.63. The van der Waals surface area contributed by atoms with Gasteiger partial charge in [-0.2, -0.15) is 0 Å². The zero-order chi connectivity index (χ0) is 23.4. The molecule has 33 heavy (non-hydrogen) atoms. The van der Waals surface area contributed by atoms with Gasteiger partial charge in [-0.05, 0) is 73.7 Å². The minimum Gasteiger partial charge on any atom is -0.473 e. The maximum atomic E-state index is 13.5. The number of aromatic nitrogens is 1. The van der Waals surface area contributed by atoms with Gasteiger partial charge in [0.2, 0.25) is 0 Å². The van der Waals surface area contributed by atoms with E-state index in [-0.39, 0.29) is 5.82 Å². The lowest BCUT2D eigenvalue weighted by molar-refractivity contribution is -0.159. The molecule has 7 nitrogen and oxygen atoms in total. The molecule has 0 saturated carbocycles. The summed E-state index contributed by atoms with van der Waals surface area (Å²) in [4.78, 5) is 24.0. The van der Waals surface area contributed by atoms with E-state index in [2.05, 4.69) is 28.1 Å². The average Bonchev–Trinajstić information content (AvgIpc) is 3.45. The van der Waals surface area contributed by atoms with Crippen LogP contribution >= 0.6 is 0 Å². The molecule has 3 N–H and O–H groups in total. The number of nitrogens with one attached hydrogen (secondary N) is 1. The summed E-state index contributed by atoms with van der Waals surface area (Å²) in [5, 5.41) is 17.0. The Kier molecular flexibility index (Phi) is 6.74. The summed E-state index contributed by atoms with van der Waals surface area (Å²) < 4.78 is 19.3. The van der Waals surface area contributed by atoms with Gasteiger partial charge in [0.15, 0.2) is 0 Å². The zero-order valence-electron chi connectivity index (χ0n) is 18.0. The number of nitrogens with zero attached hydrogens (tertiary/aromatic N) is 1. The first-order valence-electron chi connectivity index (χ1n) is 10.8. The van der Waals surface area contributed by atoms with Crippen molar-refractivity contribution in [1.82, 2.24) is 9.88 Å². The molecule has 1 fully saturated rings. The second-order valence-corrected chi connectivity index (χ2v) is 8.17. The number of aromatic amines is 1. The lowest BCUT2D eigenvalue weighted by atomic mass is 9.88. The Morgan fingerprint density at radius 3 is 2.58 bits per heavy atom. The van der Waals surface area contributed by atoms with Crippen LogP contribution < -0.4 is 0 Å². The van der Waals surface area contributed by atoms with E-state index in [9.17, 15) is 4.39 Å². The molecular formula is C25H25FN2O5. The van der Waals surface area contributed by atoms with Crippen molar-refractivity contribution in [2.24, 2.45) is 0 Å². The molecule has 5 rings (SSSR count). The average molecular weight is 452 g/mol. The Morgan fingerprint density at radius 1 is 1.09 bits per heavy atom. The molecule has 0 unspecified atom stereocenters. The number of H-pyrrole nitrogens is 1. The number of hydrogen-bond donors (Lipinski definition) is 3. The van der Waals surface area contributed by atoms with Crippen molar-refractivity contribution in [2.45, 2.75) is 25.2 Å². The second kappa shape index (κ2) is 9.87. The summed E-state index contributed by atoms with van der Waals surface area (Å²) in [5.74, 6) is -3.25. The minimum atomic E-state index is -1.82.